The van der Waals surface area contributed by atoms with Crippen molar-refractivity contribution in [2.45, 2.75) is 12.3 Å². The number of alkyl halides is 1. The van der Waals surface area contributed by atoms with E-state index in [1.165, 1.54) is 5.56 Å². The van der Waals surface area contributed by atoms with Gasteiger partial charge in [-0.1, -0.05) is 15.9 Å². The Morgan fingerprint density at radius 3 is 2.70 bits per heavy atom. The summed E-state index contributed by atoms with van der Waals surface area (Å²) >= 11 is 6.70. The number of nitrogens with zero attached hydrogens (tertiary/aromatic N) is 1. The molecule has 0 amide bonds. The van der Waals surface area contributed by atoms with Crippen molar-refractivity contribution in [2.24, 2.45) is 0 Å². The summed E-state index contributed by atoms with van der Waals surface area (Å²) in [7, 11) is 0. The summed E-state index contributed by atoms with van der Waals surface area (Å²) in [5.74, 6) is 0. The summed E-state index contributed by atoms with van der Waals surface area (Å²) in [5.41, 5.74) is 2.29. The van der Waals surface area contributed by atoms with Crippen molar-refractivity contribution >= 4 is 31.9 Å². The highest BCUT2D eigenvalue weighted by atomic mass is 79.9. The molecule has 0 saturated carbocycles. The Bertz CT molecular complexity index is 215. The molecule has 0 bridgehead atoms. The molecule has 0 radical (unpaired) electrons. The number of halogens is 2. The van der Waals surface area contributed by atoms with Crippen LogP contribution in [0.5, 0.6) is 0 Å². The summed E-state index contributed by atoms with van der Waals surface area (Å²) in [6.45, 7) is 1.98. The van der Waals surface area contributed by atoms with Gasteiger partial charge in [-0.25, -0.2) is 4.98 Å². The van der Waals surface area contributed by atoms with Gasteiger partial charge in [0.05, 0.1) is 0 Å². The first-order valence-corrected chi connectivity index (χ1v) is 4.83. The van der Waals surface area contributed by atoms with Gasteiger partial charge in [-0.2, -0.15) is 0 Å². The molecule has 54 valence electrons. The smallest absolute Gasteiger partial charge is 0.106 e. The van der Waals surface area contributed by atoms with E-state index in [0.29, 0.717) is 0 Å². The molecule has 1 aromatic heterocycles. The van der Waals surface area contributed by atoms with E-state index in [-0.39, 0.29) is 0 Å². The van der Waals surface area contributed by atoms with Gasteiger partial charge in [-0.15, -0.1) is 0 Å². The maximum atomic E-state index is 4.18. The SMILES string of the molecule is Cc1cc(CBr)cc(Br)n1. The highest BCUT2D eigenvalue weighted by Crippen LogP contribution is 2.13. The van der Waals surface area contributed by atoms with Gasteiger partial charge in [0.15, 0.2) is 0 Å². The first-order valence-electron chi connectivity index (χ1n) is 2.91. The fourth-order valence-electron chi connectivity index (χ4n) is 0.773. The predicted octanol–water partition coefficient (Wildman–Crippen LogP) is 3.05. The fraction of sp³-hybridized carbons (Fsp3) is 0.286. The van der Waals surface area contributed by atoms with Gasteiger partial charge >= 0.3 is 0 Å². The van der Waals surface area contributed by atoms with Gasteiger partial charge in [-0.05, 0) is 40.5 Å². The molecular formula is C7H7Br2N. The van der Waals surface area contributed by atoms with Gasteiger partial charge in [0, 0.05) is 11.0 Å². The van der Waals surface area contributed by atoms with E-state index in [1.54, 1.807) is 0 Å². The van der Waals surface area contributed by atoms with E-state index in [1.807, 2.05) is 13.0 Å². The molecule has 0 aliphatic rings. The molecule has 0 atom stereocenters. The van der Waals surface area contributed by atoms with Crippen LogP contribution in [-0.2, 0) is 5.33 Å². The second-order valence-electron chi connectivity index (χ2n) is 2.07. The topological polar surface area (TPSA) is 12.9 Å². The van der Waals surface area contributed by atoms with Crippen LogP contribution in [0.15, 0.2) is 16.7 Å². The second-order valence-corrected chi connectivity index (χ2v) is 3.45. The Kier molecular flexibility index (Phi) is 2.86. The van der Waals surface area contributed by atoms with Gasteiger partial charge in [0.2, 0.25) is 0 Å². The van der Waals surface area contributed by atoms with Gasteiger partial charge in [0.25, 0.3) is 0 Å². The lowest BCUT2D eigenvalue weighted by atomic mass is 10.3. The summed E-state index contributed by atoms with van der Waals surface area (Å²) < 4.78 is 0.905. The molecule has 0 spiro atoms. The average Bonchev–Trinajstić information content (AvgIpc) is 1.85. The minimum Gasteiger partial charge on any atom is -0.246 e. The van der Waals surface area contributed by atoms with Crippen LogP contribution in [0.1, 0.15) is 11.3 Å². The van der Waals surface area contributed by atoms with Crippen LogP contribution in [0.2, 0.25) is 0 Å². The number of pyridine rings is 1. The minimum atomic E-state index is 0.884. The molecule has 0 fully saturated rings. The molecular weight excluding hydrogens is 258 g/mol. The zero-order chi connectivity index (χ0) is 7.56. The number of rotatable bonds is 1. The van der Waals surface area contributed by atoms with Crippen LogP contribution in [0, 0.1) is 6.92 Å². The lowest BCUT2D eigenvalue weighted by Crippen LogP contribution is -1.85. The third kappa shape index (κ3) is 2.06. The molecule has 0 aliphatic carbocycles. The Morgan fingerprint density at radius 2 is 2.20 bits per heavy atom. The van der Waals surface area contributed by atoms with Gasteiger partial charge in [0.1, 0.15) is 4.60 Å². The standard InChI is InChI=1S/C7H7Br2N/c1-5-2-6(4-8)3-7(9)10-5/h2-3H,4H2,1H3. The lowest BCUT2D eigenvalue weighted by Gasteiger charge is -1.97. The van der Waals surface area contributed by atoms with E-state index in [9.17, 15) is 0 Å². The molecule has 10 heavy (non-hydrogen) atoms. The van der Waals surface area contributed by atoms with Crippen LogP contribution in [0.4, 0.5) is 0 Å². The zero-order valence-electron chi connectivity index (χ0n) is 5.56. The summed E-state index contributed by atoms with van der Waals surface area (Å²) in [6, 6.07) is 4.06. The monoisotopic (exact) mass is 263 g/mol. The highest BCUT2D eigenvalue weighted by Gasteiger charge is 1.94. The molecule has 1 heterocycles. The van der Waals surface area contributed by atoms with Crippen molar-refractivity contribution in [3.05, 3.63) is 28.0 Å². The summed E-state index contributed by atoms with van der Waals surface area (Å²) in [6.07, 6.45) is 0. The maximum Gasteiger partial charge on any atom is 0.106 e. The molecule has 1 nitrogen and oxygen atoms in total. The Hall–Kier alpha value is 0.110. The largest absolute Gasteiger partial charge is 0.246 e. The van der Waals surface area contributed by atoms with E-state index in [0.717, 1.165) is 15.6 Å². The van der Waals surface area contributed by atoms with Crippen LogP contribution >= 0.6 is 31.9 Å². The number of aryl methyl sites for hydroxylation is 1. The van der Waals surface area contributed by atoms with E-state index < -0.39 is 0 Å². The molecule has 0 N–H and O–H groups in total. The van der Waals surface area contributed by atoms with E-state index in [2.05, 4.69) is 42.9 Å². The third-order valence-corrected chi connectivity index (χ3v) is 2.19. The van der Waals surface area contributed by atoms with Gasteiger partial charge < -0.3 is 0 Å². The van der Waals surface area contributed by atoms with Crippen molar-refractivity contribution in [1.29, 1.82) is 0 Å². The normalized spacial score (nSPS) is 9.90. The molecule has 1 rings (SSSR count). The Balaban J connectivity index is 3.06. The van der Waals surface area contributed by atoms with Crippen LogP contribution in [-0.4, -0.2) is 4.98 Å². The van der Waals surface area contributed by atoms with Crippen molar-refractivity contribution in [3.63, 3.8) is 0 Å². The summed E-state index contributed by atoms with van der Waals surface area (Å²) in [4.78, 5) is 4.18. The zero-order valence-corrected chi connectivity index (χ0v) is 8.74. The summed E-state index contributed by atoms with van der Waals surface area (Å²) in [5, 5.41) is 0.884. The van der Waals surface area contributed by atoms with Crippen LogP contribution in [0.25, 0.3) is 0 Å². The van der Waals surface area contributed by atoms with E-state index in [4.69, 9.17) is 0 Å². The predicted molar refractivity (Wildman–Crippen MR) is 49.3 cm³/mol. The molecule has 0 aromatic carbocycles. The molecule has 3 heteroatoms. The number of hydrogen-bond donors (Lipinski definition) is 0. The third-order valence-electron chi connectivity index (χ3n) is 1.14. The minimum absolute atomic E-state index is 0.884. The fourth-order valence-corrected chi connectivity index (χ4v) is 1.67. The second kappa shape index (κ2) is 3.49. The van der Waals surface area contributed by atoms with E-state index >= 15 is 0 Å². The Labute approximate surface area is 77.1 Å². The molecule has 0 unspecified atom stereocenters. The molecule has 0 saturated heterocycles. The lowest BCUT2D eigenvalue weighted by molar-refractivity contribution is 1.14. The quantitative estimate of drug-likeness (QED) is 0.561. The molecule has 1 aromatic rings. The van der Waals surface area contributed by atoms with Crippen molar-refractivity contribution < 1.29 is 0 Å². The molecule has 0 aliphatic heterocycles. The highest BCUT2D eigenvalue weighted by molar-refractivity contribution is 9.10. The Morgan fingerprint density at radius 1 is 1.50 bits per heavy atom. The maximum absolute atomic E-state index is 4.18. The number of aromatic nitrogens is 1. The average molecular weight is 265 g/mol. The van der Waals surface area contributed by atoms with Crippen molar-refractivity contribution in [3.8, 4) is 0 Å². The first kappa shape index (κ1) is 8.21. The van der Waals surface area contributed by atoms with Gasteiger partial charge in [-0.3, -0.25) is 0 Å². The first-order chi connectivity index (χ1) is 4.72. The van der Waals surface area contributed by atoms with Crippen molar-refractivity contribution in [2.75, 3.05) is 0 Å². The van der Waals surface area contributed by atoms with Crippen LogP contribution < -0.4 is 0 Å². The van der Waals surface area contributed by atoms with Crippen molar-refractivity contribution in [1.82, 2.24) is 4.98 Å². The van der Waals surface area contributed by atoms with Crippen LogP contribution in [0.3, 0.4) is 0 Å². The number of hydrogen-bond acceptors (Lipinski definition) is 1.